The minimum atomic E-state index is -0.788. The summed E-state index contributed by atoms with van der Waals surface area (Å²) in [6.07, 6.45) is -0.0217. The van der Waals surface area contributed by atoms with Gasteiger partial charge in [0.05, 0.1) is 19.2 Å². The second-order valence-electron chi connectivity index (χ2n) is 9.10. The molecular formula is C29H28N4O3S. The summed E-state index contributed by atoms with van der Waals surface area (Å²) in [7, 11) is 1.61. The largest absolute Gasteiger partial charge is 0.497 e. The Morgan fingerprint density at radius 2 is 1.86 bits per heavy atom. The first-order chi connectivity index (χ1) is 17.9. The van der Waals surface area contributed by atoms with E-state index in [9.17, 15) is 9.59 Å². The summed E-state index contributed by atoms with van der Waals surface area (Å²) in [6, 6.07) is 20.7. The van der Waals surface area contributed by atoms with Gasteiger partial charge in [-0.25, -0.2) is 9.89 Å². The number of rotatable bonds is 7. The standard InChI is InChI=1S/C29H28N4O3S/c1-18-8-11-21(19(2)14-18)17-37-29-32-24-7-5-4-6-23(24)27-31-25(28(35)33(27)29)15-26(34)30-16-20-9-12-22(36-3)13-10-20/h4-14,25H,15-17H2,1-3H3,(H,30,34)/t25-/m1/s1. The average Bonchev–Trinajstić information content (AvgIpc) is 3.23. The molecule has 8 heteroatoms. The van der Waals surface area contributed by atoms with Gasteiger partial charge in [0.1, 0.15) is 17.6 Å². The van der Waals surface area contributed by atoms with E-state index in [1.807, 2.05) is 48.5 Å². The highest BCUT2D eigenvalue weighted by Crippen LogP contribution is 2.35. The lowest BCUT2D eigenvalue weighted by molar-refractivity contribution is -0.128. The van der Waals surface area contributed by atoms with E-state index in [0.29, 0.717) is 23.3 Å². The molecule has 0 saturated carbocycles. The Morgan fingerprint density at radius 1 is 1.08 bits per heavy atom. The van der Waals surface area contributed by atoms with E-state index in [1.54, 1.807) is 12.0 Å². The molecule has 7 nitrogen and oxygen atoms in total. The molecule has 0 radical (unpaired) electrons. The summed E-state index contributed by atoms with van der Waals surface area (Å²) in [5, 5.41) is 3.48. The third-order valence-electron chi connectivity index (χ3n) is 6.43. The van der Waals surface area contributed by atoms with Crippen molar-refractivity contribution in [2.24, 2.45) is 9.98 Å². The lowest BCUT2D eigenvalue weighted by Crippen LogP contribution is -2.42. The number of fused-ring (bicyclic) bond motifs is 3. The zero-order chi connectivity index (χ0) is 25.9. The van der Waals surface area contributed by atoms with Gasteiger partial charge in [-0.05, 0) is 54.8 Å². The molecular weight excluding hydrogens is 484 g/mol. The zero-order valence-corrected chi connectivity index (χ0v) is 21.8. The van der Waals surface area contributed by atoms with Crippen LogP contribution >= 0.6 is 11.8 Å². The number of hydrogen-bond donors (Lipinski definition) is 1. The number of nitrogens with zero attached hydrogens (tertiary/aromatic N) is 3. The first-order valence-electron chi connectivity index (χ1n) is 12.1. The molecule has 2 aliphatic rings. The average molecular weight is 513 g/mol. The maximum atomic E-state index is 13.5. The Morgan fingerprint density at radius 3 is 2.62 bits per heavy atom. The number of aryl methyl sites for hydroxylation is 2. The highest BCUT2D eigenvalue weighted by molar-refractivity contribution is 8.13. The van der Waals surface area contributed by atoms with Crippen LogP contribution in [0, 0.1) is 13.8 Å². The summed E-state index contributed by atoms with van der Waals surface area (Å²) >= 11 is 1.51. The van der Waals surface area contributed by atoms with Gasteiger partial charge in [0.15, 0.2) is 5.17 Å². The predicted molar refractivity (Wildman–Crippen MR) is 147 cm³/mol. The second kappa shape index (κ2) is 10.6. The quantitative estimate of drug-likeness (QED) is 0.488. The number of benzene rings is 3. The second-order valence-corrected chi connectivity index (χ2v) is 10.0. The van der Waals surface area contributed by atoms with E-state index in [2.05, 4.69) is 37.4 Å². The molecule has 3 aromatic carbocycles. The van der Waals surface area contributed by atoms with Crippen LogP contribution in [0.5, 0.6) is 5.75 Å². The first kappa shape index (κ1) is 24.8. The Kier molecular flexibility index (Phi) is 7.10. The van der Waals surface area contributed by atoms with Crippen LogP contribution in [0.25, 0.3) is 0 Å². The summed E-state index contributed by atoms with van der Waals surface area (Å²) in [4.78, 5) is 37.3. The Labute approximate surface area is 220 Å². The number of amidine groups is 2. The van der Waals surface area contributed by atoms with Crippen LogP contribution in [0.2, 0.25) is 0 Å². The third-order valence-corrected chi connectivity index (χ3v) is 7.42. The van der Waals surface area contributed by atoms with Crippen LogP contribution in [0.3, 0.4) is 0 Å². The van der Waals surface area contributed by atoms with E-state index in [1.165, 1.54) is 28.5 Å². The number of ether oxygens (including phenoxy) is 1. The number of carbonyl (C=O) groups excluding carboxylic acids is 2. The van der Waals surface area contributed by atoms with Crippen molar-refractivity contribution in [2.45, 2.75) is 38.6 Å². The van der Waals surface area contributed by atoms with Crippen molar-refractivity contribution in [3.8, 4) is 5.75 Å². The number of thioether (sulfide) groups is 1. The van der Waals surface area contributed by atoms with Gasteiger partial charge in [0.25, 0.3) is 5.91 Å². The van der Waals surface area contributed by atoms with Gasteiger partial charge >= 0.3 is 0 Å². The van der Waals surface area contributed by atoms with Crippen LogP contribution in [0.1, 0.15) is 34.2 Å². The van der Waals surface area contributed by atoms with Crippen molar-refractivity contribution < 1.29 is 14.3 Å². The minimum absolute atomic E-state index is 0.0217. The predicted octanol–water partition coefficient (Wildman–Crippen LogP) is 4.91. The van der Waals surface area contributed by atoms with Crippen molar-refractivity contribution in [1.82, 2.24) is 10.2 Å². The number of nitrogens with one attached hydrogen (secondary N) is 1. The molecule has 0 fully saturated rings. The maximum Gasteiger partial charge on any atom is 0.259 e. The topological polar surface area (TPSA) is 83.4 Å². The van der Waals surface area contributed by atoms with Gasteiger partial charge in [-0.2, -0.15) is 0 Å². The monoisotopic (exact) mass is 512 g/mol. The first-order valence-corrected chi connectivity index (χ1v) is 13.1. The molecule has 0 spiro atoms. The molecule has 2 heterocycles. The van der Waals surface area contributed by atoms with E-state index in [4.69, 9.17) is 14.7 Å². The SMILES string of the molecule is COc1ccc(CNC(=O)C[C@H]2N=C3c4ccccc4N=C(SCc4ccc(C)cc4C)N3C2=O)cc1. The van der Waals surface area contributed by atoms with Crippen LogP contribution in [0.4, 0.5) is 5.69 Å². The number of methoxy groups -OCH3 is 1. The molecule has 5 rings (SSSR count). The van der Waals surface area contributed by atoms with E-state index < -0.39 is 6.04 Å². The van der Waals surface area contributed by atoms with Gasteiger partial charge in [-0.15, -0.1) is 0 Å². The molecule has 37 heavy (non-hydrogen) atoms. The van der Waals surface area contributed by atoms with Crippen LogP contribution in [-0.2, 0) is 21.9 Å². The molecule has 2 amide bonds. The fourth-order valence-electron chi connectivity index (χ4n) is 4.37. The molecule has 1 atom stereocenters. The molecule has 0 saturated heterocycles. The molecule has 0 aliphatic carbocycles. The normalized spacial score (nSPS) is 16.0. The maximum absolute atomic E-state index is 13.5. The molecule has 3 aromatic rings. The van der Waals surface area contributed by atoms with Crippen molar-refractivity contribution in [3.05, 3.63) is 94.5 Å². The number of aliphatic imine (C=N–C) groups is 2. The molecule has 0 unspecified atom stereocenters. The molecule has 2 aliphatic heterocycles. The number of carbonyl (C=O) groups is 2. The minimum Gasteiger partial charge on any atom is -0.497 e. The van der Waals surface area contributed by atoms with E-state index >= 15 is 0 Å². The molecule has 1 N–H and O–H groups in total. The van der Waals surface area contributed by atoms with E-state index in [0.717, 1.165) is 22.6 Å². The highest BCUT2D eigenvalue weighted by atomic mass is 32.2. The van der Waals surface area contributed by atoms with Gasteiger partial charge < -0.3 is 10.1 Å². The lowest BCUT2D eigenvalue weighted by atomic mass is 10.1. The lowest BCUT2D eigenvalue weighted by Gasteiger charge is -2.25. The van der Waals surface area contributed by atoms with Crippen LogP contribution < -0.4 is 10.1 Å². The fourth-order valence-corrected chi connectivity index (χ4v) is 5.45. The van der Waals surface area contributed by atoms with Crippen molar-refractivity contribution in [2.75, 3.05) is 7.11 Å². The summed E-state index contributed by atoms with van der Waals surface area (Å²) in [5.41, 5.74) is 6.13. The number of para-hydroxylation sites is 1. The van der Waals surface area contributed by atoms with Crippen LogP contribution in [0.15, 0.2) is 76.7 Å². The van der Waals surface area contributed by atoms with Gasteiger partial charge in [-0.3, -0.25) is 14.6 Å². The number of hydrogen-bond acceptors (Lipinski definition) is 6. The summed E-state index contributed by atoms with van der Waals surface area (Å²) in [6.45, 7) is 4.53. The fraction of sp³-hybridized carbons (Fsp3) is 0.241. The molecule has 188 valence electrons. The van der Waals surface area contributed by atoms with E-state index in [-0.39, 0.29) is 18.2 Å². The molecule has 0 aromatic heterocycles. The van der Waals surface area contributed by atoms with Crippen LogP contribution in [-0.4, -0.2) is 40.9 Å². The van der Waals surface area contributed by atoms with Gasteiger partial charge in [0.2, 0.25) is 5.91 Å². The summed E-state index contributed by atoms with van der Waals surface area (Å²) < 4.78 is 5.17. The van der Waals surface area contributed by atoms with Crippen molar-refractivity contribution >= 4 is 40.3 Å². The zero-order valence-electron chi connectivity index (χ0n) is 21.0. The number of amides is 2. The highest BCUT2D eigenvalue weighted by Gasteiger charge is 2.42. The smallest absolute Gasteiger partial charge is 0.259 e. The van der Waals surface area contributed by atoms with Gasteiger partial charge in [-0.1, -0.05) is 59.8 Å². The van der Waals surface area contributed by atoms with Gasteiger partial charge in [0, 0.05) is 17.9 Å². The Bertz CT molecular complexity index is 1410. The Hall–Kier alpha value is -3.91. The molecule has 0 bridgehead atoms. The summed E-state index contributed by atoms with van der Waals surface area (Å²) in [5.74, 6) is 1.54. The Balaban J connectivity index is 1.31. The van der Waals surface area contributed by atoms with Crippen molar-refractivity contribution in [3.63, 3.8) is 0 Å². The third kappa shape index (κ3) is 5.29. The van der Waals surface area contributed by atoms with Crippen molar-refractivity contribution in [1.29, 1.82) is 0 Å².